The summed E-state index contributed by atoms with van der Waals surface area (Å²) in [4.78, 5) is 27.7. The summed E-state index contributed by atoms with van der Waals surface area (Å²) < 4.78 is 19.6. The second kappa shape index (κ2) is 7.30. The summed E-state index contributed by atoms with van der Waals surface area (Å²) >= 11 is 0. The van der Waals surface area contributed by atoms with Gasteiger partial charge in [0.1, 0.15) is 11.9 Å². The van der Waals surface area contributed by atoms with E-state index in [1.807, 2.05) is 0 Å². The predicted molar refractivity (Wildman–Crippen MR) is 86.7 cm³/mol. The van der Waals surface area contributed by atoms with E-state index in [0.29, 0.717) is 51.2 Å². The standard InChI is InChI=1S/C18H23FN2O3/c1-13(22)20-8-6-14(7-9-20)18(23)21-10-11-24-17(12-21)15-4-2-3-5-16(15)19/h2-5,14,17H,6-12H2,1H3. The van der Waals surface area contributed by atoms with Gasteiger partial charge in [-0.2, -0.15) is 0 Å². The van der Waals surface area contributed by atoms with E-state index in [4.69, 9.17) is 4.74 Å². The summed E-state index contributed by atoms with van der Waals surface area (Å²) in [5, 5.41) is 0. The average Bonchev–Trinajstić information content (AvgIpc) is 2.61. The van der Waals surface area contributed by atoms with Crippen LogP contribution in [0.5, 0.6) is 0 Å². The molecule has 1 atom stereocenters. The molecule has 0 spiro atoms. The van der Waals surface area contributed by atoms with Gasteiger partial charge in [-0.15, -0.1) is 0 Å². The van der Waals surface area contributed by atoms with Crippen LogP contribution in [-0.4, -0.2) is 54.4 Å². The number of carbonyl (C=O) groups is 2. The van der Waals surface area contributed by atoms with Gasteiger partial charge in [-0.3, -0.25) is 9.59 Å². The van der Waals surface area contributed by atoms with Gasteiger partial charge in [-0.25, -0.2) is 4.39 Å². The Balaban J connectivity index is 1.62. The molecule has 3 rings (SSSR count). The first-order valence-corrected chi connectivity index (χ1v) is 8.46. The quantitative estimate of drug-likeness (QED) is 0.831. The fourth-order valence-electron chi connectivity index (χ4n) is 3.47. The van der Waals surface area contributed by atoms with Crippen molar-refractivity contribution in [1.29, 1.82) is 0 Å². The summed E-state index contributed by atoms with van der Waals surface area (Å²) in [5.41, 5.74) is 0.501. The molecule has 1 unspecified atom stereocenters. The maximum absolute atomic E-state index is 14.0. The lowest BCUT2D eigenvalue weighted by Crippen LogP contribution is -2.48. The summed E-state index contributed by atoms with van der Waals surface area (Å²) in [6.07, 6.45) is 0.974. The first kappa shape index (κ1) is 16.9. The third-order valence-electron chi connectivity index (χ3n) is 4.92. The molecule has 1 aromatic rings. The fourth-order valence-corrected chi connectivity index (χ4v) is 3.47. The molecule has 0 aromatic heterocycles. The number of hydrogen-bond acceptors (Lipinski definition) is 3. The van der Waals surface area contributed by atoms with E-state index in [1.165, 1.54) is 6.07 Å². The number of nitrogens with zero attached hydrogens (tertiary/aromatic N) is 2. The van der Waals surface area contributed by atoms with Crippen LogP contribution in [0.2, 0.25) is 0 Å². The lowest BCUT2D eigenvalue weighted by atomic mass is 9.94. The molecule has 0 aliphatic carbocycles. The van der Waals surface area contributed by atoms with Gasteiger partial charge in [0.05, 0.1) is 13.2 Å². The number of carbonyl (C=O) groups excluding carboxylic acids is 2. The van der Waals surface area contributed by atoms with Crippen LogP contribution in [0.3, 0.4) is 0 Å². The van der Waals surface area contributed by atoms with Gasteiger partial charge in [-0.05, 0) is 18.9 Å². The Morgan fingerprint density at radius 2 is 1.83 bits per heavy atom. The third kappa shape index (κ3) is 3.59. The van der Waals surface area contributed by atoms with Gasteiger partial charge in [0.2, 0.25) is 11.8 Å². The number of rotatable bonds is 2. The summed E-state index contributed by atoms with van der Waals surface area (Å²) in [6, 6.07) is 6.55. The van der Waals surface area contributed by atoms with E-state index in [2.05, 4.69) is 0 Å². The molecule has 130 valence electrons. The molecular formula is C18H23FN2O3. The van der Waals surface area contributed by atoms with E-state index in [-0.39, 0.29) is 23.5 Å². The van der Waals surface area contributed by atoms with Crippen molar-refractivity contribution in [1.82, 2.24) is 9.80 Å². The van der Waals surface area contributed by atoms with Gasteiger partial charge in [0, 0.05) is 38.0 Å². The predicted octanol–water partition coefficient (Wildman–Crippen LogP) is 1.98. The number of piperidine rings is 1. The Morgan fingerprint density at radius 3 is 2.50 bits per heavy atom. The molecule has 0 bridgehead atoms. The van der Waals surface area contributed by atoms with Crippen LogP contribution in [0.15, 0.2) is 24.3 Å². The molecule has 5 nitrogen and oxygen atoms in total. The Bertz CT molecular complexity index is 614. The van der Waals surface area contributed by atoms with Gasteiger partial charge in [0.15, 0.2) is 0 Å². The highest BCUT2D eigenvalue weighted by Crippen LogP contribution is 2.27. The van der Waals surface area contributed by atoms with E-state index >= 15 is 0 Å². The zero-order valence-electron chi connectivity index (χ0n) is 13.9. The maximum Gasteiger partial charge on any atom is 0.225 e. The monoisotopic (exact) mass is 334 g/mol. The number of ether oxygens (including phenoxy) is 1. The van der Waals surface area contributed by atoms with Crippen molar-refractivity contribution >= 4 is 11.8 Å². The van der Waals surface area contributed by atoms with E-state index in [1.54, 1.807) is 34.9 Å². The molecule has 6 heteroatoms. The molecule has 2 saturated heterocycles. The minimum Gasteiger partial charge on any atom is -0.370 e. The van der Waals surface area contributed by atoms with Crippen molar-refractivity contribution in [2.24, 2.45) is 5.92 Å². The topological polar surface area (TPSA) is 49.9 Å². The van der Waals surface area contributed by atoms with Crippen molar-refractivity contribution in [3.05, 3.63) is 35.6 Å². The highest BCUT2D eigenvalue weighted by atomic mass is 19.1. The van der Waals surface area contributed by atoms with Crippen molar-refractivity contribution < 1.29 is 18.7 Å². The third-order valence-corrected chi connectivity index (χ3v) is 4.92. The Labute approximate surface area is 141 Å². The Morgan fingerprint density at radius 1 is 1.12 bits per heavy atom. The van der Waals surface area contributed by atoms with E-state index < -0.39 is 6.10 Å². The molecule has 0 saturated carbocycles. The molecule has 2 heterocycles. The number of amides is 2. The molecule has 24 heavy (non-hydrogen) atoms. The van der Waals surface area contributed by atoms with Crippen molar-refractivity contribution in [2.45, 2.75) is 25.9 Å². The molecule has 2 amide bonds. The number of likely N-dealkylation sites (tertiary alicyclic amines) is 1. The number of hydrogen-bond donors (Lipinski definition) is 0. The van der Waals surface area contributed by atoms with Crippen LogP contribution in [0.1, 0.15) is 31.4 Å². The smallest absolute Gasteiger partial charge is 0.225 e. The zero-order valence-corrected chi connectivity index (χ0v) is 13.9. The first-order valence-electron chi connectivity index (χ1n) is 8.46. The average molecular weight is 334 g/mol. The lowest BCUT2D eigenvalue weighted by Gasteiger charge is -2.37. The molecular weight excluding hydrogens is 311 g/mol. The highest BCUT2D eigenvalue weighted by Gasteiger charge is 2.33. The molecule has 2 aliphatic heterocycles. The fraction of sp³-hybridized carbons (Fsp3) is 0.556. The second-order valence-electron chi connectivity index (χ2n) is 6.45. The van der Waals surface area contributed by atoms with Crippen LogP contribution in [-0.2, 0) is 14.3 Å². The maximum atomic E-state index is 14.0. The zero-order chi connectivity index (χ0) is 17.1. The van der Waals surface area contributed by atoms with Gasteiger partial charge in [-0.1, -0.05) is 18.2 Å². The van der Waals surface area contributed by atoms with Crippen LogP contribution in [0.4, 0.5) is 4.39 Å². The van der Waals surface area contributed by atoms with Crippen LogP contribution in [0.25, 0.3) is 0 Å². The minimum absolute atomic E-state index is 0.0556. The lowest BCUT2D eigenvalue weighted by molar-refractivity contribution is -0.146. The van der Waals surface area contributed by atoms with E-state index in [9.17, 15) is 14.0 Å². The summed E-state index contributed by atoms with van der Waals surface area (Å²) in [5.74, 6) is -0.193. The SMILES string of the molecule is CC(=O)N1CCC(C(=O)N2CCOC(c3ccccc3F)C2)CC1. The van der Waals surface area contributed by atoms with Gasteiger partial charge >= 0.3 is 0 Å². The second-order valence-corrected chi connectivity index (χ2v) is 6.45. The van der Waals surface area contributed by atoms with Gasteiger partial charge < -0.3 is 14.5 Å². The summed E-state index contributed by atoms with van der Waals surface area (Å²) in [6.45, 7) is 4.16. The number of benzene rings is 1. The van der Waals surface area contributed by atoms with Gasteiger partial charge in [0.25, 0.3) is 0 Å². The molecule has 2 fully saturated rings. The Kier molecular flexibility index (Phi) is 5.14. The normalized spacial score (nSPS) is 22.5. The highest BCUT2D eigenvalue weighted by molar-refractivity contribution is 5.80. The van der Waals surface area contributed by atoms with Crippen LogP contribution < -0.4 is 0 Å². The van der Waals surface area contributed by atoms with Crippen LogP contribution in [0, 0.1) is 11.7 Å². The van der Waals surface area contributed by atoms with Crippen LogP contribution >= 0.6 is 0 Å². The van der Waals surface area contributed by atoms with Crippen molar-refractivity contribution in [3.63, 3.8) is 0 Å². The molecule has 0 radical (unpaired) electrons. The molecule has 1 aromatic carbocycles. The van der Waals surface area contributed by atoms with Crippen molar-refractivity contribution in [3.8, 4) is 0 Å². The first-order chi connectivity index (χ1) is 11.6. The number of halogens is 1. The minimum atomic E-state index is -0.416. The summed E-state index contributed by atoms with van der Waals surface area (Å²) in [7, 11) is 0. The van der Waals surface area contributed by atoms with Crippen molar-refractivity contribution in [2.75, 3.05) is 32.8 Å². The molecule has 2 aliphatic rings. The largest absolute Gasteiger partial charge is 0.370 e. The Hall–Kier alpha value is -1.95. The number of morpholine rings is 1. The molecule has 0 N–H and O–H groups in total. The van der Waals surface area contributed by atoms with E-state index in [0.717, 1.165) is 0 Å².